The molecule has 11 heteroatoms. The summed E-state index contributed by atoms with van der Waals surface area (Å²) in [4.78, 5) is 25.6. The molecule has 1 atom stereocenters. The van der Waals surface area contributed by atoms with Crippen molar-refractivity contribution in [1.82, 2.24) is 9.21 Å². The molecule has 1 unspecified atom stereocenters. The van der Waals surface area contributed by atoms with Gasteiger partial charge in [-0.05, 0) is 25.1 Å². The van der Waals surface area contributed by atoms with Gasteiger partial charge in [-0.25, -0.2) is 12.8 Å². The summed E-state index contributed by atoms with van der Waals surface area (Å²) in [5.41, 5.74) is 0.247. The second-order valence-corrected chi connectivity index (χ2v) is 9.52. The molecule has 31 heavy (non-hydrogen) atoms. The fraction of sp³-hybridized carbons (Fsp3) is 0.300. The Bertz CT molecular complexity index is 1170. The highest BCUT2D eigenvalue weighted by atomic mass is 35.5. The van der Waals surface area contributed by atoms with Crippen LogP contribution in [0.5, 0.6) is 5.75 Å². The lowest BCUT2D eigenvalue weighted by atomic mass is 10.1. The van der Waals surface area contributed by atoms with Crippen LogP contribution in [-0.4, -0.2) is 61.7 Å². The lowest BCUT2D eigenvalue weighted by Gasteiger charge is -2.34. The molecule has 0 aliphatic carbocycles. The average Bonchev–Trinajstić information content (AvgIpc) is 2.74. The fourth-order valence-corrected chi connectivity index (χ4v) is 5.42. The standard InChI is InChI=1S/C20H19ClFN3O5S/c1-12-19(26)23-16-10-14(21)18(11-17(16)30-12)31(28,29)25-8-6-24(7-9-25)20(27)13-4-2-3-5-15(13)22/h2-5,10-12H,6-9H2,1H3,(H,23,26). The number of nitrogens with one attached hydrogen (secondary N) is 1. The molecule has 0 spiro atoms. The Hall–Kier alpha value is -2.69. The molecular formula is C20H19ClFN3O5S. The first-order valence-electron chi connectivity index (χ1n) is 9.53. The summed E-state index contributed by atoms with van der Waals surface area (Å²) >= 11 is 6.21. The Kier molecular flexibility index (Phi) is 5.63. The molecule has 1 N–H and O–H groups in total. The van der Waals surface area contributed by atoms with Crippen LogP contribution in [0.15, 0.2) is 41.3 Å². The van der Waals surface area contributed by atoms with E-state index in [0.717, 1.165) is 0 Å². The molecule has 0 bridgehead atoms. The molecule has 0 radical (unpaired) electrons. The van der Waals surface area contributed by atoms with Crippen LogP contribution in [0.2, 0.25) is 5.02 Å². The van der Waals surface area contributed by atoms with Gasteiger partial charge < -0.3 is 15.0 Å². The van der Waals surface area contributed by atoms with E-state index < -0.39 is 27.9 Å². The Morgan fingerprint density at radius 2 is 1.87 bits per heavy atom. The zero-order chi connectivity index (χ0) is 22.3. The second-order valence-electron chi connectivity index (χ2n) is 7.20. The Morgan fingerprint density at radius 1 is 1.19 bits per heavy atom. The van der Waals surface area contributed by atoms with E-state index in [2.05, 4.69) is 5.32 Å². The van der Waals surface area contributed by atoms with Crippen molar-refractivity contribution in [3.05, 3.63) is 52.8 Å². The SMILES string of the molecule is CC1Oc2cc(S(=O)(=O)N3CCN(C(=O)c4ccccc4F)CC3)c(Cl)cc2NC1=O. The predicted octanol–water partition coefficient (Wildman–Crippen LogP) is 2.35. The van der Waals surface area contributed by atoms with Gasteiger partial charge in [0.2, 0.25) is 10.0 Å². The van der Waals surface area contributed by atoms with Crippen LogP contribution in [0.4, 0.5) is 10.1 Å². The summed E-state index contributed by atoms with van der Waals surface area (Å²) in [5, 5.41) is 2.56. The lowest BCUT2D eigenvalue weighted by molar-refractivity contribution is -0.122. The summed E-state index contributed by atoms with van der Waals surface area (Å²) in [7, 11) is -3.98. The van der Waals surface area contributed by atoms with E-state index in [1.165, 1.54) is 39.5 Å². The topological polar surface area (TPSA) is 96.0 Å². The van der Waals surface area contributed by atoms with Crippen molar-refractivity contribution in [2.24, 2.45) is 0 Å². The number of sulfonamides is 1. The highest BCUT2D eigenvalue weighted by Gasteiger charge is 2.34. The molecule has 1 fully saturated rings. The third-order valence-electron chi connectivity index (χ3n) is 5.21. The Balaban J connectivity index is 1.52. The van der Waals surface area contributed by atoms with Crippen molar-refractivity contribution in [2.75, 3.05) is 31.5 Å². The van der Waals surface area contributed by atoms with Crippen LogP contribution in [0.25, 0.3) is 0 Å². The summed E-state index contributed by atoms with van der Waals surface area (Å²) < 4.78 is 47.0. The van der Waals surface area contributed by atoms with Gasteiger partial charge in [-0.1, -0.05) is 23.7 Å². The monoisotopic (exact) mass is 467 g/mol. The summed E-state index contributed by atoms with van der Waals surface area (Å²) in [6.45, 7) is 1.83. The highest BCUT2D eigenvalue weighted by Crippen LogP contribution is 2.38. The van der Waals surface area contributed by atoms with Crippen LogP contribution >= 0.6 is 11.6 Å². The van der Waals surface area contributed by atoms with E-state index in [4.69, 9.17) is 16.3 Å². The molecule has 164 valence electrons. The minimum atomic E-state index is -3.98. The van der Waals surface area contributed by atoms with E-state index in [1.807, 2.05) is 0 Å². The third-order valence-corrected chi connectivity index (χ3v) is 7.58. The average molecular weight is 468 g/mol. The number of rotatable bonds is 3. The number of carbonyl (C=O) groups is 2. The molecule has 2 aliphatic heterocycles. The van der Waals surface area contributed by atoms with E-state index in [1.54, 1.807) is 13.0 Å². The van der Waals surface area contributed by atoms with Crippen LogP contribution in [0.3, 0.4) is 0 Å². The number of hydrogen-bond acceptors (Lipinski definition) is 5. The first-order chi connectivity index (χ1) is 14.7. The van der Waals surface area contributed by atoms with Crippen LogP contribution < -0.4 is 10.1 Å². The molecule has 2 heterocycles. The summed E-state index contributed by atoms with van der Waals surface area (Å²) in [6, 6.07) is 8.30. The van der Waals surface area contributed by atoms with Crippen molar-refractivity contribution in [3.8, 4) is 5.75 Å². The van der Waals surface area contributed by atoms with Crippen molar-refractivity contribution in [3.63, 3.8) is 0 Å². The quantitative estimate of drug-likeness (QED) is 0.747. The van der Waals surface area contributed by atoms with Gasteiger partial charge in [0.25, 0.3) is 11.8 Å². The molecule has 4 rings (SSSR count). The highest BCUT2D eigenvalue weighted by molar-refractivity contribution is 7.89. The molecule has 8 nitrogen and oxygen atoms in total. The van der Waals surface area contributed by atoms with Gasteiger partial charge in [-0.15, -0.1) is 0 Å². The Morgan fingerprint density at radius 3 is 2.55 bits per heavy atom. The third kappa shape index (κ3) is 3.98. The number of piperazine rings is 1. The molecular weight excluding hydrogens is 449 g/mol. The fourth-order valence-electron chi connectivity index (χ4n) is 3.48. The van der Waals surface area contributed by atoms with Gasteiger partial charge in [0, 0.05) is 32.2 Å². The normalized spacial score (nSPS) is 19.4. The van der Waals surface area contributed by atoms with E-state index in [9.17, 15) is 22.4 Å². The van der Waals surface area contributed by atoms with Crippen LogP contribution in [0.1, 0.15) is 17.3 Å². The van der Waals surface area contributed by atoms with Gasteiger partial charge in [0.15, 0.2) is 6.10 Å². The second kappa shape index (κ2) is 8.10. The van der Waals surface area contributed by atoms with Gasteiger partial charge in [-0.3, -0.25) is 9.59 Å². The first-order valence-corrected chi connectivity index (χ1v) is 11.4. The van der Waals surface area contributed by atoms with Gasteiger partial charge in [-0.2, -0.15) is 4.31 Å². The number of anilines is 1. The minimum absolute atomic E-state index is 0.0317. The number of hydrogen-bond donors (Lipinski definition) is 1. The van der Waals surface area contributed by atoms with E-state index >= 15 is 0 Å². The molecule has 2 amide bonds. The first kappa shape index (κ1) is 21.5. The predicted molar refractivity (Wildman–Crippen MR) is 111 cm³/mol. The number of carbonyl (C=O) groups excluding carboxylic acids is 2. The lowest BCUT2D eigenvalue weighted by Crippen LogP contribution is -2.50. The van der Waals surface area contributed by atoms with Gasteiger partial charge in [0.1, 0.15) is 16.5 Å². The van der Waals surface area contributed by atoms with E-state index in [-0.39, 0.29) is 53.3 Å². The molecule has 0 saturated carbocycles. The molecule has 1 saturated heterocycles. The number of halogens is 2. The molecule has 2 aromatic carbocycles. The number of fused-ring (bicyclic) bond motifs is 1. The number of amides is 2. The number of nitrogens with zero attached hydrogens (tertiary/aromatic N) is 2. The molecule has 2 aromatic rings. The van der Waals surface area contributed by atoms with Gasteiger partial charge in [0.05, 0.1) is 16.3 Å². The smallest absolute Gasteiger partial charge is 0.265 e. The van der Waals surface area contributed by atoms with Crippen LogP contribution in [0, 0.1) is 5.82 Å². The largest absolute Gasteiger partial charge is 0.479 e. The van der Waals surface area contributed by atoms with Crippen molar-refractivity contribution >= 4 is 39.1 Å². The van der Waals surface area contributed by atoms with Crippen molar-refractivity contribution in [1.29, 1.82) is 0 Å². The summed E-state index contributed by atoms with van der Waals surface area (Å²) in [5.74, 6) is -1.25. The van der Waals surface area contributed by atoms with Crippen molar-refractivity contribution in [2.45, 2.75) is 17.9 Å². The van der Waals surface area contributed by atoms with Crippen molar-refractivity contribution < 1.29 is 27.1 Å². The van der Waals surface area contributed by atoms with E-state index in [0.29, 0.717) is 5.69 Å². The summed E-state index contributed by atoms with van der Waals surface area (Å²) in [6.07, 6.45) is -0.767. The zero-order valence-corrected chi connectivity index (χ0v) is 18.0. The number of benzene rings is 2. The maximum Gasteiger partial charge on any atom is 0.265 e. The molecule has 2 aliphatic rings. The zero-order valence-electron chi connectivity index (χ0n) is 16.5. The molecule has 0 aromatic heterocycles. The minimum Gasteiger partial charge on any atom is -0.479 e. The number of ether oxygens (including phenoxy) is 1. The van der Waals surface area contributed by atoms with Crippen LogP contribution in [-0.2, 0) is 14.8 Å². The maximum atomic E-state index is 13.9. The van der Waals surface area contributed by atoms with Gasteiger partial charge >= 0.3 is 0 Å². The maximum absolute atomic E-state index is 13.9. The Labute approximate surface area is 183 Å².